The van der Waals surface area contributed by atoms with Crippen molar-refractivity contribution >= 4 is 0 Å². The van der Waals surface area contributed by atoms with Crippen LogP contribution in [0, 0.1) is 5.82 Å². The minimum absolute atomic E-state index is 0.158. The van der Waals surface area contributed by atoms with Crippen LogP contribution in [-0.4, -0.2) is 6.61 Å². The summed E-state index contributed by atoms with van der Waals surface area (Å²) in [5.41, 5.74) is 2.20. The van der Waals surface area contributed by atoms with Crippen LogP contribution in [0.2, 0.25) is 0 Å². The quantitative estimate of drug-likeness (QED) is 0.856. The maximum atomic E-state index is 12.9. The molecular weight excluding hydrogens is 253 g/mol. The Balaban J connectivity index is 1.99. The molecule has 0 fully saturated rings. The molecule has 0 spiro atoms. The molecule has 0 aliphatic carbocycles. The lowest BCUT2D eigenvalue weighted by Crippen LogP contribution is -2.18. The molecule has 0 unspecified atom stereocenters. The molecule has 2 nitrogen and oxygen atoms in total. The van der Waals surface area contributed by atoms with Gasteiger partial charge in [-0.2, -0.15) is 0 Å². The van der Waals surface area contributed by atoms with Gasteiger partial charge in [-0.3, -0.25) is 0 Å². The number of halogens is 1. The van der Waals surface area contributed by atoms with E-state index in [1.807, 2.05) is 25.1 Å². The first-order chi connectivity index (χ1) is 9.70. The first kappa shape index (κ1) is 14.5. The highest BCUT2D eigenvalue weighted by atomic mass is 19.1. The Hall–Kier alpha value is -1.87. The molecule has 1 N–H and O–H groups in total. The average Bonchev–Trinajstić information content (AvgIpc) is 2.47. The van der Waals surface area contributed by atoms with Gasteiger partial charge in [-0.05, 0) is 37.6 Å². The van der Waals surface area contributed by atoms with Crippen molar-refractivity contribution in [2.45, 2.75) is 26.4 Å². The van der Waals surface area contributed by atoms with Crippen molar-refractivity contribution in [1.29, 1.82) is 0 Å². The normalized spacial score (nSPS) is 12.2. The van der Waals surface area contributed by atoms with Gasteiger partial charge < -0.3 is 10.1 Å². The van der Waals surface area contributed by atoms with Crippen molar-refractivity contribution in [3.05, 3.63) is 65.5 Å². The molecule has 0 amide bonds. The SMILES string of the molecule is CCOc1ccccc1CN[C@H](C)c1ccc(F)cc1. The summed E-state index contributed by atoms with van der Waals surface area (Å²) in [6.45, 7) is 5.42. The predicted octanol–water partition coefficient (Wildman–Crippen LogP) is 4.08. The van der Waals surface area contributed by atoms with Crippen LogP contribution in [0.3, 0.4) is 0 Å². The highest BCUT2D eigenvalue weighted by molar-refractivity contribution is 5.33. The Morgan fingerprint density at radius 3 is 2.50 bits per heavy atom. The predicted molar refractivity (Wildman–Crippen MR) is 79.3 cm³/mol. The van der Waals surface area contributed by atoms with E-state index in [1.54, 1.807) is 12.1 Å². The van der Waals surface area contributed by atoms with Gasteiger partial charge >= 0.3 is 0 Å². The number of ether oxygens (including phenoxy) is 1. The van der Waals surface area contributed by atoms with Crippen LogP contribution >= 0.6 is 0 Å². The zero-order chi connectivity index (χ0) is 14.4. The van der Waals surface area contributed by atoms with E-state index in [0.29, 0.717) is 13.2 Å². The summed E-state index contributed by atoms with van der Waals surface area (Å²) in [7, 11) is 0. The second-order valence-corrected chi connectivity index (χ2v) is 4.69. The highest BCUT2D eigenvalue weighted by Gasteiger charge is 2.07. The molecule has 2 rings (SSSR count). The van der Waals surface area contributed by atoms with Crippen molar-refractivity contribution in [2.24, 2.45) is 0 Å². The summed E-state index contributed by atoms with van der Waals surface area (Å²) in [5, 5.41) is 3.43. The molecule has 0 aliphatic heterocycles. The van der Waals surface area contributed by atoms with Gasteiger partial charge in [-0.25, -0.2) is 4.39 Å². The first-order valence-electron chi connectivity index (χ1n) is 6.90. The fourth-order valence-electron chi connectivity index (χ4n) is 2.08. The van der Waals surface area contributed by atoms with Crippen LogP contribution in [0.5, 0.6) is 5.75 Å². The summed E-state index contributed by atoms with van der Waals surface area (Å²) in [6.07, 6.45) is 0. The number of rotatable bonds is 6. The minimum Gasteiger partial charge on any atom is -0.494 e. The van der Waals surface area contributed by atoms with Crippen LogP contribution < -0.4 is 10.1 Å². The van der Waals surface area contributed by atoms with Crippen LogP contribution in [0.15, 0.2) is 48.5 Å². The van der Waals surface area contributed by atoms with Gasteiger partial charge in [-0.15, -0.1) is 0 Å². The lowest BCUT2D eigenvalue weighted by molar-refractivity contribution is 0.335. The maximum Gasteiger partial charge on any atom is 0.123 e. The third-order valence-corrected chi connectivity index (χ3v) is 3.24. The molecule has 2 aromatic carbocycles. The van der Waals surface area contributed by atoms with Crippen LogP contribution in [0.25, 0.3) is 0 Å². The number of hydrogen-bond acceptors (Lipinski definition) is 2. The first-order valence-corrected chi connectivity index (χ1v) is 6.90. The largest absolute Gasteiger partial charge is 0.494 e. The van der Waals surface area contributed by atoms with Crippen LogP contribution in [-0.2, 0) is 6.54 Å². The van der Waals surface area contributed by atoms with Crippen molar-refractivity contribution in [3.63, 3.8) is 0 Å². The second kappa shape index (κ2) is 7.06. The van der Waals surface area contributed by atoms with E-state index in [-0.39, 0.29) is 11.9 Å². The molecule has 0 aliphatic rings. The lowest BCUT2D eigenvalue weighted by Gasteiger charge is -2.16. The Kier molecular flexibility index (Phi) is 5.13. The molecule has 0 heterocycles. The second-order valence-electron chi connectivity index (χ2n) is 4.69. The molecule has 20 heavy (non-hydrogen) atoms. The van der Waals surface area contributed by atoms with Gasteiger partial charge in [0.15, 0.2) is 0 Å². The van der Waals surface area contributed by atoms with Crippen molar-refractivity contribution in [1.82, 2.24) is 5.32 Å². The molecule has 106 valence electrons. The number of para-hydroxylation sites is 1. The zero-order valence-electron chi connectivity index (χ0n) is 11.9. The standard InChI is InChI=1S/C17H20FNO/c1-3-20-17-7-5-4-6-15(17)12-19-13(2)14-8-10-16(18)11-9-14/h4-11,13,19H,3,12H2,1-2H3/t13-/m1/s1. The Labute approximate surface area is 119 Å². The van der Waals surface area contributed by atoms with Gasteiger partial charge in [-0.1, -0.05) is 30.3 Å². The Bertz CT molecular complexity index is 539. The van der Waals surface area contributed by atoms with E-state index in [2.05, 4.69) is 18.3 Å². The van der Waals surface area contributed by atoms with E-state index in [9.17, 15) is 4.39 Å². The summed E-state index contributed by atoms with van der Waals surface area (Å²) in [5.74, 6) is 0.705. The molecule has 3 heteroatoms. The van der Waals surface area contributed by atoms with Crippen LogP contribution in [0.1, 0.15) is 31.0 Å². The van der Waals surface area contributed by atoms with Gasteiger partial charge in [0.2, 0.25) is 0 Å². The Morgan fingerprint density at radius 1 is 1.10 bits per heavy atom. The topological polar surface area (TPSA) is 21.3 Å². The molecular formula is C17H20FNO. The van der Waals surface area contributed by atoms with E-state index < -0.39 is 0 Å². The van der Waals surface area contributed by atoms with E-state index >= 15 is 0 Å². The summed E-state index contributed by atoms with van der Waals surface area (Å²) >= 11 is 0. The van der Waals surface area contributed by atoms with Crippen molar-refractivity contribution < 1.29 is 9.13 Å². The fourth-order valence-corrected chi connectivity index (χ4v) is 2.08. The van der Waals surface area contributed by atoms with E-state index in [4.69, 9.17) is 4.74 Å². The van der Waals surface area contributed by atoms with Crippen molar-refractivity contribution in [2.75, 3.05) is 6.61 Å². The number of benzene rings is 2. The molecule has 1 atom stereocenters. The molecule has 0 aromatic heterocycles. The molecule has 0 saturated carbocycles. The van der Waals surface area contributed by atoms with E-state index in [1.165, 1.54) is 12.1 Å². The van der Waals surface area contributed by atoms with Gasteiger partial charge in [0.25, 0.3) is 0 Å². The molecule has 0 radical (unpaired) electrons. The molecule has 0 saturated heterocycles. The number of nitrogens with one attached hydrogen (secondary N) is 1. The van der Waals surface area contributed by atoms with Crippen molar-refractivity contribution in [3.8, 4) is 5.75 Å². The third kappa shape index (κ3) is 3.81. The average molecular weight is 273 g/mol. The van der Waals surface area contributed by atoms with Crippen LogP contribution in [0.4, 0.5) is 4.39 Å². The fraction of sp³-hybridized carbons (Fsp3) is 0.294. The molecule has 2 aromatic rings. The maximum absolute atomic E-state index is 12.9. The number of hydrogen-bond donors (Lipinski definition) is 1. The summed E-state index contributed by atoms with van der Waals surface area (Å²) in [4.78, 5) is 0. The highest BCUT2D eigenvalue weighted by Crippen LogP contribution is 2.19. The third-order valence-electron chi connectivity index (χ3n) is 3.24. The lowest BCUT2D eigenvalue weighted by atomic mass is 10.1. The Morgan fingerprint density at radius 2 is 1.80 bits per heavy atom. The van der Waals surface area contributed by atoms with Gasteiger partial charge in [0.05, 0.1) is 6.61 Å². The zero-order valence-corrected chi connectivity index (χ0v) is 11.9. The smallest absolute Gasteiger partial charge is 0.123 e. The van der Waals surface area contributed by atoms with Gasteiger partial charge in [0.1, 0.15) is 11.6 Å². The van der Waals surface area contributed by atoms with E-state index in [0.717, 1.165) is 16.9 Å². The minimum atomic E-state index is -0.206. The summed E-state index contributed by atoms with van der Waals surface area (Å²) < 4.78 is 18.5. The van der Waals surface area contributed by atoms with Gasteiger partial charge in [0, 0.05) is 18.2 Å². The molecule has 0 bridgehead atoms. The monoisotopic (exact) mass is 273 g/mol. The summed E-state index contributed by atoms with van der Waals surface area (Å²) in [6, 6.07) is 14.7.